The maximum Gasteiger partial charge on any atom is 0.426 e. The third-order valence-corrected chi connectivity index (χ3v) is 4.32. The van der Waals surface area contributed by atoms with Crippen molar-refractivity contribution < 1.29 is 13.2 Å². The molecular formula is C13H15F3N2S. The van der Waals surface area contributed by atoms with Crippen molar-refractivity contribution in [1.29, 1.82) is 5.26 Å². The number of anilines is 1. The van der Waals surface area contributed by atoms with Crippen LogP contribution in [-0.4, -0.2) is 13.1 Å². The van der Waals surface area contributed by atoms with Crippen molar-refractivity contribution in [3.05, 3.63) is 16.5 Å². The fraction of sp³-hybridized carbons (Fsp3) is 0.615. The fourth-order valence-electron chi connectivity index (χ4n) is 2.00. The van der Waals surface area contributed by atoms with Crippen molar-refractivity contribution in [2.45, 2.75) is 32.4 Å². The number of nitrogens with zero attached hydrogens (tertiary/aromatic N) is 2. The Morgan fingerprint density at radius 2 is 2.16 bits per heavy atom. The smallest absolute Gasteiger partial charge is 0.363 e. The number of rotatable bonds is 5. The number of thiophene rings is 1. The number of hydrogen-bond acceptors (Lipinski definition) is 3. The van der Waals surface area contributed by atoms with E-state index in [4.69, 9.17) is 5.26 Å². The second kappa shape index (κ2) is 5.41. The Kier molecular flexibility index (Phi) is 4.04. The molecule has 1 aliphatic carbocycles. The van der Waals surface area contributed by atoms with Crippen LogP contribution in [0.3, 0.4) is 0 Å². The lowest BCUT2D eigenvalue weighted by atomic mass is 10.2. The molecule has 0 saturated heterocycles. The highest BCUT2D eigenvalue weighted by molar-refractivity contribution is 7.16. The monoisotopic (exact) mass is 288 g/mol. The lowest BCUT2D eigenvalue weighted by Gasteiger charge is -2.22. The normalized spacial score (nSPS) is 15.3. The van der Waals surface area contributed by atoms with Crippen LogP contribution in [0, 0.1) is 17.2 Å². The van der Waals surface area contributed by atoms with Crippen molar-refractivity contribution in [3.63, 3.8) is 0 Å². The van der Waals surface area contributed by atoms with E-state index in [1.54, 1.807) is 6.07 Å². The van der Waals surface area contributed by atoms with Gasteiger partial charge < -0.3 is 4.90 Å². The molecule has 2 rings (SSSR count). The zero-order valence-electron chi connectivity index (χ0n) is 10.6. The highest BCUT2D eigenvalue weighted by atomic mass is 32.1. The minimum absolute atomic E-state index is 0.260. The molecule has 0 bridgehead atoms. The van der Waals surface area contributed by atoms with Gasteiger partial charge in [-0.1, -0.05) is 6.92 Å². The zero-order chi connectivity index (χ0) is 14.0. The Morgan fingerprint density at radius 1 is 1.47 bits per heavy atom. The first-order chi connectivity index (χ1) is 8.95. The van der Waals surface area contributed by atoms with Crippen LogP contribution in [0.25, 0.3) is 0 Å². The largest absolute Gasteiger partial charge is 0.426 e. The maximum atomic E-state index is 12.8. The summed E-state index contributed by atoms with van der Waals surface area (Å²) in [6.07, 6.45) is -1.25. The van der Waals surface area contributed by atoms with E-state index in [2.05, 4.69) is 0 Å². The Balaban J connectivity index is 2.26. The molecule has 0 N–H and O–H groups in total. The maximum absolute atomic E-state index is 12.8. The number of hydrogen-bond donors (Lipinski definition) is 0. The van der Waals surface area contributed by atoms with Crippen molar-refractivity contribution in [3.8, 4) is 6.07 Å². The molecule has 0 atom stereocenters. The molecule has 1 aromatic rings. The average molecular weight is 288 g/mol. The molecule has 1 heterocycles. The molecule has 0 radical (unpaired) electrons. The van der Waals surface area contributed by atoms with E-state index in [-0.39, 0.29) is 5.56 Å². The summed E-state index contributed by atoms with van der Waals surface area (Å²) in [7, 11) is 0. The van der Waals surface area contributed by atoms with Crippen molar-refractivity contribution in [1.82, 2.24) is 0 Å². The van der Waals surface area contributed by atoms with Crippen molar-refractivity contribution in [2.75, 3.05) is 18.0 Å². The predicted molar refractivity (Wildman–Crippen MR) is 69.3 cm³/mol. The molecule has 0 aliphatic heterocycles. The molecule has 1 fully saturated rings. The number of nitriles is 1. The molecule has 0 spiro atoms. The van der Waals surface area contributed by atoms with Crippen LogP contribution in [-0.2, 0) is 6.18 Å². The second-order valence-corrected chi connectivity index (χ2v) is 5.86. The molecule has 1 aliphatic rings. The molecule has 0 aromatic carbocycles. The highest BCUT2D eigenvalue weighted by Crippen LogP contribution is 2.42. The SMILES string of the molecule is CCCN(CC1CC1)c1cc(C#N)c(C(F)(F)F)s1. The Labute approximate surface area is 114 Å². The highest BCUT2D eigenvalue weighted by Gasteiger charge is 2.37. The first-order valence-electron chi connectivity index (χ1n) is 6.31. The van der Waals surface area contributed by atoms with Crippen LogP contribution in [0.5, 0.6) is 0 Å². The lowest BCUT2D eigenvalue weighted by molar-refractivity contribution is -0.134. The lowest BCUT2D eigenvalue weighted by Crippen LogP contribution is -2.25. The molecule has 1 saturated carbocycles. The standard InChI is InChI=1S/C13H15F3N2S/c1-2-5-18(8-9-3-4-9)11-6-10(7-17)12(19-11)13(14,15)16/h6,9H,2-5,8H2,1H3. The van der Waals surface area contributed by atoms with E-state index in [0.29, 0.717) is 22.3 Å². The van der Waals surface area contributed by atoms with Gasteiger partial charge in [0.05, 0.1) is 10.6 Å². The van der Waals surface area contributed by atoms with Gasteiger partial charge in [-0.15, -0.1) is 11.3 Å². The second-order valence-electron chi connectivity index (χ2n) is 4.83. The fourth-order valence-corrected chi connectivity index (χ4v) is 3.01. The number of alkyl halides is 3. The summed E-state index contributed by atoms with van der Waals surface area (Å²) in [5.74, 6) is 0.605. The summed E-state index contributed by atoms with van der Waals surface area (Å²) >= 11 is 0.687. The first-order valence-corrected chi connectivity index (χ1v) is 7.13. The molecule has 0 amide bonds. The molecule has 104 valence electrons. The van der Waals surface area contributed by atoms with Gasteiger partial charge in [-0.25, -0.2) is 0 Å². The number of halogens is 3. The average Bonchev–Trinajstić information content (AvgIpc) is 3.03. The van der Waals surface area contributed by atoms with Crippen LogP contribution >= 0.6 is 11.3 Å². The molecule has 6 heteroatoms. The summed E-state index contributed by atoms with van der Waals surface area (Å²) in [4.78, 5) is 1.21. The van der Waals surface area contributed by atoms with E-state index in [0.717, 1.165) is 32.4 Å². The summed E-state index contributed by atoms with van der Waals surface area (Å²) < 4.78 is 38.4. The summed E-state index contributed by atoms with van der Waals surface area (Å²) in [5.41, 5.74) is -0.260. The van der Waals surface area contributed by atoms with Gasteiger partial charge >= 0.3 is 6.18 Å². The molecular weight excluding hydrogens is 273 g/mol. The zero-order valence-corrected chi connectivity index (χ0v) is 11.4. The third-order valence-electron chi connectivity index (χ3n) is 3.08. The topological polar surface area (TPSA) is 27.0 Å². The van der Waals surface area contributed by atoms with E-state index >= 15 is 0 Å². The molecule has 1 aromatic heterocycles. The van der Waals surface area contributed by atoms with E-state index in [1.165, 1.54) is 6.07 Å². The predicted octanol–water partition coefficient (Wildman–Crippen LogP) is 4.26. The van der Waals surface area contributed by atoms with Crippen LogP contribution in [0.4, 0.5) is 18.2 Å². The quantitative estimate of drug-likeness (QED) is 0.809. The van der Waals surface area contributed by atoms with Gasteiger partial charge in [0.2, 0.25) is 0 Å². The Bertz CT molecular complexity index is 483. The van der Waals surface area contributed by atoms with Crippen LogP contribution in [0.2, 0.25) is 0 Å². The van der Waals surface area contributed by atoms with Crippen LogP contribution in [0.1, 0.15) is 36.6 Å². The molecule has 0 unspecified atom stereocenters. The van der Waals surface area contributed by atoms with Crippen LogP contribution in [0.15, 0.2) is 6.07 Å². The van der Waals surface area contributed by atoms with Crippen LogP contribution < -0.4 is 4.90 Å². The van der Waals surface area contributed by atoms with Gasteiger partial charge in [0.25, 0.3) is 0 Å². The molecule has 2 nitrogen and oxygen atoms in total. The van der Waals surface area contributed by atoms with E-state index in [1.807, 2.05) is 11.8 Å². The summed E-state index contributed by atoms with van der Waals surface area (Å²) in [5, 5.41) is 9.41. The third kappa shape index (κ3) is 3.41. The Hall–Kier alpha value is -1.22. The van der Waals surface area contributed by atoms with E-state index < -0.39 is 11.1 Å². The van der Waals surface area contributed by atoms with Gasteiger partial charge in [-0.3, -0.25) is 0 Å². The van der Waals surface area contributed by atoms with Gasteiger partial charge in [0, 0.05) is 13.1 Å². The van der Waals surface area contributed by atoms with Gasteiger partial charge in [-0.05, 0) is 31.2 Å². The van der Waals surface area contributed by atoms with Crippen molar-refractivity contribution in [2.24, 2.45) is 5.92 Å². The van der Waals surface area contributed by atoms with Gasteiger partial charge in [-0.2, -0.15) is 18.4 Å². The minimum atomic E-state index is -4.44. The summed E-state index contributed by atoms with van der Waals surface area (Å²) in [6.45, 7) is 3.54. The Morgan fingerprint density at radius 3 is 2.58 bits per heavy atom. The minimum Gasteiger partial charge on any atom is -0.363 e. The summed E-state index contributed by atoms with van der Waals surface area (Å²) in [6, 6.07) is 3.03. The first kappa shape index (κ1) is 14.2. The molecule has 19 heavy (non-hydrogen) atoms. The van der Waals surface area contributed by atoms with E-state index in [9.17, 15) is 13.2 Å². The van der Waals surface area contributed by atoms with Crippen molar-refractivity contribution >= 4 is 16.3 Å². The van der Waals surface area contributed by atoms with Gasteiger partial charge in [0.1, 0.15) is 10.9 Å². The van der Waals surface area contributed by atoms with Gasteiger partial charge in [0.15, 0.2) is 0 Å².